The highest BCUT2D eigenvalue weighted by Gasteiger charge is 2.35. The van der Waals surface area contributed by atoms with E-state index in [0.29, 0.717) is 12.5 Å². The summed E-state index contributed by atoms with van der Waals surface area (Å²) in [4.78, 5) is 26.9. The van der Waals surface area contributed by atoms with Crippen molar-refractivity contribution in [1.29, 1.82) is 0 Å². The molecule has 0 saturated carbocycles. The highest BCUT2D eigenvalue weighted by molar-refractivity contribution is 5.78. The second kappa shape index (κ2) is 7.51. The van der Waals surface area contributed by atoms with Gasteiger partial charge in [0.25, 0.3) is 0 Å². The molecule has 0 spiro atoms. The first-order chi connectivity index (χ1) is 10.5. The van der Waals surface area contributed by atoms with Crippen LogP contribution >= 0.6 is 0 Å². The number of hydrogen-bond acceptors (Lipinski definition) is 6. The first-order valence-electron chi connectivity index (χ1n) is 7.56. The van der Waals surface area contributed by atoms with Gasteiger partial charge in [-0.3, -0.25) is 4.79 Å². The third kappa shape index (κ3) is 4.64. The summed E-state index contributed by atoms with van der Waals surface area (Å²) in [6, 6.07) is 1.94. The lowest BCUT2D eigenvalue weighted by molar-refractivity contribution is -0.122. The van der Waals surface area contributed by atoms with Crippen molar-refractivity contribution in [1.82, 2.24) is 25.1 Å². The second-order valence-electron chi connectivity index (χ2n) is 6.39. The molecule has 0 radical (unpaired) electrons. The number of hydrogen-bond donors (Lipinski definition) is 1. The van der Waals surface area contributed by atoms with Gasteiger partial charge in [0, 0.05) is 37.9 Å². The summed E-state index contributed by atoms with van der Waals surface area (Å²) in [5.74, 6) is 1.16. The molecule has 122 valence electrons. The first-order valence-corrected chi connectivity index (χ1v) is 7.56. The molecular formula is C15H26N6O. The van der Waals surface area contributed by atoms with Crippen LogP contribution in [0.1, 0.15) is 0 Å². The number of rotatable bonds is 6. The molecule has 1 saturated heterocycles. The lowest BCUT2D eigenvalue weighted by Gasteiger charge is -2.23. The number of nitrogens with zero attached hydrogens (tertiary/aromatic N) is 5. The fourth-order valence-corrected chi connectivity index (χ4v) is 2.85. The predicted octanol–water partition coefficient (Wildman–Crippen LogP) is -0.479. The number of likely N-dealkylation sites (N-methyl/N-ethyl adjacent to an activating group) is 1. The Morgan fingerprint density at radius 2 is 1.91 bits per heavy atom. The Labute approximate surface area is 132 Å². The van der Waals surface area contributed by atoms with Crippen molar-refractivity contribution in [2.45, 2.75) is 6.04 Å². The number of anilines is 1. The van der Waals surface area contributed by atoms with E-state index in [1.165, 1.54) is 0 Å². The summed E-state index contributed by atoms with van der Waals surface area (Å²) < 4.78 is 0. The van der Waals surface area contributed by atoms with Crippen LogP contribution in [0, 0.1) is 5.92 Å². The van der Waals surface area contributed by atoms with Gasteiger partial charge in [-0.25, -0.2) is 9.97 Å². The molecular weight excluding hydrogens is 280 g/mol. The molecule has 2 heterocycles. The Morgan fingerprint density at radius 1 is 1.23 bits per heavy atom. The third-order valence-corrected chi connectivity index (χ3v) is 3.68. The van der Waals surface area contributed by atoms with Crippen LogP contribution in [0.15, 0.2) is 18.5 Å². The number of amides is 1. The first kappa shape index (κ1) is 16.6. The predicted molar refractivity (Wildman–Crippen MR) is 86.8 cm³/mol. The van der Waals surface area contributed by atoms with Crippen LogP contribution in [-0.2, 0) is 4.79 Å². The van der Waals surface area contributed by atoms with E-state index in [0.717, 1.165) is 25.6 Å². The maximum atomic E-state index is 12.1. The van der Waals surface area contributed by atoms with Crippen molar-refractivity contribution in [3.8, 4) is 0 Å². The van der Waals surface area contributed by atoms with E-state index < -0.39 is 0 Å². The molecule has 0 unspecified atom stereocenters. The summed E-state index contributed by atoms with van der Waals surface area (Å²) in [7, 11) is 7.91. The van der Waals surface area contributed by atoms with Gasteiger partial charge >= 0.3 is 0 Å². The molecule has 7 nitrogen and oxygen atoms in total. The minimum absolute atomic E-state index is 0.0644. The van der Waals surface area contributed by atoms with E-state index in [4.69, 9.17) is 0 Å². The molecule has 7 heteroatoms. The van der Waals surface area contributed by atoms with Crippen LogP contribution < -0.4 is 10.2 Å². The van der Waals surface area contributed by atoms with Gasteiger partial charge < -0.3 is 20.0 Å². The van der Waals surface area contributed by atoms with Crippen molar-refractivity contribution in [2.24, 2.45) is 5.92 Å². The van der Waals surface area contributed by atoms with Gasteiger partial charge in [0.1, 0.15) is 0 Å². The second-order valence-corrected chi connectivity index (χ2v) is 6.39. The zero-order valence-electron chi connectivity index (χ0n) is 13.9. The Hall–Kier alpha value is -1.73. The van der Waals surface area contributed by atoms with Gasteiger partial charge in [-0.2, -0.15) is 0 Å². The van der Waals surface area contributed by atoms with Crippen LogP contribution in [0.4, 0.5) is 5.95 Å². The average molecular weight is 306 g/mol. The van der Waals surface area contributed by atoms with Crippen molar-refractivity contribution in [3.05, 3.63) is 18.5 Å². The van der Waals surface area contributed by atoms with Gasteiger partial charge in [-0.05, 0) is 34.3 Å². The molecule has 22 heavy (non-hydrogen) atoms. The molecule has 2 rings (SSSR count). The molecule has 0 aromatic carbocycles. The van der Waals surface area contributed by atoms with Gasteiger partial charge in [0.2, 0.25) is 11.9 Å². The molecule has 2 atom stereocenters. The highest BCUT2D eigenvalue weighted by atomic mass is 16.2. The van der Waals surface area contributed by atoms with E-state index in [1.54, 1.807) is 12.4 Å². The summed E-state index contributed by atoms with van der Waals surface area (Å²) in [6.45, 7) is 2.94. The Morgan fingerprint density at radius 3 is 2.50 bits per heavy atom. The van der Waals surface area contributed by atoms with Crippen molar-refractivity contribution in [2.75, 3.05) is 59.3 Å². The molecule has 1 N–H and O–H groups in total. The summed E-state index contributed by atoms with van der Waals surface area (Å²) in [5.41, 5.74) is 0. The summed E-state index contributed by atoms with van der Waals surface area (Å²) in [6.07, 6.45) is 3.50. The van der Waals surface area contributed by atoms with Crippen LogP contribution in [0.3, 0.4) is 0 Å². The van der Waals surface area contributed by atoms with Gasteiger partial charge in [-0.15, -0.1) is 0 Å². The number of aromatic nitrogens is 2. The highest BCUT2D eigenvalue weighted by Crippen LogP contribution is 2.21. The minimum Gasteiger partial charge on any atom is -0.350 e. The minimum atomic E-state index is 0.0644. The number of nitrogens with one attached hydrogen (secondary N) is 1. The van der Waals surface area contributed by atoms with Crippen LogP contribution in [0.2, 0.25) is 0 Å². The van der Waals surface area contributed by atoms with E-state index in [1.807, 2.05) is 25.1 Å². The Kier molecular flexibility index (Phi) is 5.68. The lowest BCUT2D eigenvalue weighted by atomic mass is 10.0. The Balaban J connectivity index is 2.03. The van der Waals surface area contributed by atoms with Crippen LogP contribution in [0.25, 0.3) is 0 Å². The van der Waals surface area contributed by atoms with E-state index in [9.17, 15) is 4.79 Å². The fourth-order valence-electron chi connectivity index (χ4n) is 2.85. The summed E-state index contributed by atoms with van der Waals surface area (Å²) >= 11 is 0. The van der Waals surface area contributed by atoms with Crippen LogP contribution in [0.5, 0.6) is 0 Å². The normalized spacial score (nSPS) is 21.6. The molecule has 0 bridgehead atoms. The smallest absolute Gasteiger partial charge is 0.234 e. The number of carbonyl (C=O) groups is 1. The lowest BCUT2D eigenvalue weighted by Crippen LogP contribution is -2.46. The largest absolute Gasteiger partial charge is 0.350 e. The standard InChI is InChI=1S/C15H26N6O/c1-19(2)8-12-9-21(15-16-6-5-7-17-15)10-13(12)18-14(22)11-20(3)4/h5-7,12-13H,8-11H2,1-4H3,(H,18,22)/t12-,13-/m1/s1. The van der Waals surface area contributed by atoms with E-state index in [2.05, 4.69) is 39.2 Å². The van der Waals surface area contributed by atoms with Crippen LogP contribution in [-0.4, -0.2) is 86.1 Å². The van der Waals surface area contributed by atoms with Gasteiger partial charge in [-0.1, -0.05) is 0 Å². The fraction of sp³-hybridized carbons (Fsp3) is 0.667. The van der Waals surface area contributed by atoms with Crippen molar-refractivity contribution in [3.63, 3.8) is 0 Å². The molecule has 1 amide bonds. The van der Waals surface area contributed by atoms with Gasteiger partial charge in [0.05, 0.1) is 12.6 Å². The molecule has 0 aliphatic carbocycles. The van der Waals surface area contributed by atoms with Crippen molar-refractivity contribution < 1.29 is 4.79 Å². The topological polar surface area (TPSA) is 64.6 Å². The molecule has 1 aromatic heterocycles. The monoisotopic (exact) mass is 306 g/mol. The maximum Gasteiger partial charge on any atom is 0.234 e. The molecule has 1 fully saturated rings. The van der Waals surface area contributed by atoms with Gasteiger partial charge in [0.15, 0.2) is 0 Å². The zero-order chi connectivity index (χ0) is 16.1. The molecule has 1 aromatic rings. The molecule has 1 aliphatic heterocycles. The van der Waals surface area contributed by atoms with Crippen molar-refractivity contribution >= 4 is 11.9 Å². The quantitative estimate of drug-likeness (QED) is 0.766. The molecule has 1 aliphatic rings. The Bertz CT molecular complexity index is 478. The third-order valence-electron chi connectivity index (χ3n) is 3.68. The summed E-state index contributed by atoms with van der Waals surface area (Å²) in [5, 5.41) is 3.16. The van der Waals surface area contributed by atoms with E-state index >= 15 is 0 Å². The van der Waals surface area contributed by atoms with E-state index in [-0.39, 0.29) is 11.9 Å². The maximum absolute atomic E-state index is 12.1. The SMILES string of the molecule is CN(C)CC(=O)N[C@@H]1CN(c2ncccn2)C[C@H]1CN(C)C. The zero-order valence-corrected chi connectivity index (χ0v) is 13.9. The average Bonchev–Trinajstić information content (AvgIpc) is 2.81. The number of carbonyl (C=O) groups excluding carboxylic acids is 1.